The highest BCUT2D eigenvalue weighted by Crippen LogP contribution is 2.37. The summed E-state index contributed by atoms with van der Waals surface area (Å²) in [6.45, 7) is 1.89. The average Bonchev–Trinajstić information content (AvgIpc) is 3.11. The van der Waals surface area contributed by atoms with E-state index in [1.807, 2.05) is 37.3 Å². The molecule has 0 aromatic heterocycles. The van der Waals surface area contributed by atoms with E-state index in [4.69, 9.17) is 21.1 Å². The first-order chi connectivity index (χ1) is 17.3. The largest absolute Gasteiger partial charge is 0.497 e. The molecule has 9 heteroatoms. The molecule has 1 aliphatic heterocycles. The van der Waals surface area contributed by atoms with E-state index in [0.717, 1.165) is 10.5 Å². The van der Waals surface area contributed by atoms with Gasteiger partial charge in [0.25, 0.3) is 17.7 Å². The number of anilines is 2. The lowest BCUT2D eigenvalue weighted by molar-refractivity contribution is -0.120. The number of rotatable bonds is 8. The second kappa shape index (κ2) is 10.5. The zero-order valence-electron chi connectivity index (χ0n) is 19.9. The normalized spacial score (nSPS) is 14.1. The highest BCUT2D eigenvalue weighted by atomic mass is 35.5. The Labute approximate surface area is 213 Å². The Morgan fingerprint density at radius 2 is 1.67 bits per heavy atom. The standard InChI is InChI=1S/C27H24ClN3O5/c1-16(17-8-5-4-6-9-17)29-25(32)18-10-7-11-19(14-18)30-24-23(28)26(33)31(27(24)34)21-13-12-20(35-2)15-22(21)36-3/h4-16,30H,1-3H3,(H,29,32). The van der Waals surface area contributed by atoms with Crippen LogP contribution >= 0.6 is 11.6 Å². The number of methoxy groups -OCH3 is 2. The van der Waals surface area contributed by atoms with Gasteiger partial charge in [-0.05, 0) is 42.8 Å². The van der Waals surface area contributed by atoms with Crippen molar-refractivity contribution in [2.75, 3.05) is 24.4 Å². The Balaban J connectivity index is 1.53. The fraction of sp³-hybridized carbons (Fsp3) is 0.148. The summed E-state index contributed by atoms with van der Waals surface area (Å²) in [6.07, 6.45) is 0. The third kappa shape index (κ3) is 4.89. The maximum atomic E-state index is 13.2. The molecule has 1 unspecified atom stereocenters. The molecule has 0 bridgehead atoms. The minimum atomic E-state index is -0.696. The van der Waals surface area contributed by atoms with Gasteiger partial charge in [0.2, 0.25) is 0 Å². The summed E-state index contributed by atoms with van der Waals surface area (Å²) >= 11 is 6.27. The predicted octanol–water partition coefficient (Wildman–Crippen LogP) is 4.63. The minimum Gasteiger partial charge on any atom is -0.497 e. The van der Waals surface area contributed by atoms with Crippen LogP contribution in [-0.4, -0.2) is 31.9 Å². The molecule has 3 aromatic rings. The molecule has 4 rings (SSSR count). The summed E-state index contributed by atoms with van der Waals surface area (Å²) < 4.78 is 10.5. The van der Waals surface area contributed by atoms with Gasteiger partial charge in [0, 0.05) is 17.3 Å². The number of nitrogens with one attached hydrogen (secondary N) is 2. The second-order valence-corrected chi connectivity index (χ2v) is 8.36. The zero-order chi connectivity index (χ0) is 25.8. The van der Waals surface area contributed by atoms with Crippen molar-refractivity contribution in [2.45, 2.75) is 13.0 Å². The van der Waals surface area contributed by atoms with Crippen molar-refractivity contribution in [3.8, 4) is 11.5 Å². The van der Waals surface area contributed by atoms with E-state index in [0.29, 0.717) is 17.0 Å². The van der Waals surface area contributed by atoms with E-state index in [1.165, 1.54) is 14.2 Å². The van der Waals surface area contributed by atoms with Crippen molar-refractivity contribution in [3.05, 3.63) is 94.7 Å². The second-order valence-electron chi connectivity index (χ2n) is 7.98. The first kappa shape index (κ1) is 24.8. The smallest absolute Gasteiger partial charge is 0.283 e. The van der Waals surface area contributed by atoms with Crippen LogP contribution in [0.1, 0.15) is 28.9 Å². The lowest BCUT2D eigenvalue weighted by atomic mass is 10.1. The zero-order valence-corrected chi connectivity index (χ0v) is 20.6. The highest BCUT2D eigenvalue weighted by molar-refractivity contribution is 6.53. The average molecular weight is 506 g/mol. The van der Waals surface area contributed by atoms with Crippen LogP contribution in [0.3, 0.4) is 0 Å². The number of hydrogen-bond acceptors (Lipinski definition) is 6. The lowest BCUT2D eigenvalue weighted by Crippen LogP contribution is -2.32. The van der Waals surface area contributed by atoms with Gasteiger partial charge in [-0.2, -0.15) is 0 Å². The molecule has 0 radical (unpaired) electrons. The third-order valence-corrected chi connectivity index (χ3v) is 6.05. The van der Waals surface area contributed by atoms with Crippen molar-refractivity contribution >= 4 is 40.7 Å². The van der Waals surface area contributed by atoms with Crippen LogP contribution in [-0.2, 0) is 9.59 Å². The van der Waals surface area contributed by atoms with Crippen molar-refractivity contribution < 1.29 is 23.9 Å². The van der Waals surface area contributed by atoms with Crippen molar-refractivity contribution in [2.24, 2.45) is 0 Å². The number of ether oxygens (including phenoxy) is 2. The monoisotopic (exact) mass is 505 g/mol. The molecule has 1 atom stereocenters. The summed E-state index contributed by atoms with van der Waals surface area (Å²) in [6, 6.07) is 20.7. The fourth-order valence-electron chi connectivity index (χ4n) is 3.79. The Morgan fingerprint density at radius 1 is 0.917 bits per heavy atom. The summed E-state index contributed by atoms with van der Waals surface area (Å²) in [5, 5.41) is 5.58. The first-order valence-electron chi connectivity index (χ1n) is 11.1. The molecule has 0 spiro atoms. The van der Waals surface area contributed by atoms with E-state index < -0.39 is 11.8 Å². The quantitative estimate of drug-likeness (QED) is 0.433. The van der Waals surface area contributed by atoms with Crippen LogP contribution in [0, 0.1) is 0 Å². The molecule has 0 saturated carbocycles. The third-order valence-electron chi connectivity index (χ3n) is 5.70. The number of nitrogens with zero attached hydrogens (tertiary/aromatic N) is 1. The molecule has 0 saturated heterocycles. The first-order valence-corrected chi connectivity index (χ1v) is 11.4. The summed E-state index contributed by atoms with van der Waals surface area (Å²) in [5.74, 6) is -0.857. The van der Waals surface area contributed by atoms with E-state index in [9.17, 15) is 14.4 Å². The van der Waals surface area contributed by atoms with Crippen molar-refractivity contribution in [1.29, 1.82) is 0 Å². The summed E-state index contributed by atoms with van der Waals surface area (Å²) in [7, 11) is 2.92. The van der Waals surface area contributed by atoms with Gasteiger partial charge in [0.15, 0.2) is 0 Å². The minimum absolute atomic E-state index is 0.102. The van der Waals surface area contributed by atoms with E-state index in [2.05, 4.69) is 10.6 Å². The molecule has 1 aliphatic rings. The van der Waals surface area contributed by atoms with Gasteiger partial charge in [-0.1, -0.05) is 48.0 Å². The van der Waals surface area contributed by atoms with Crippen LogP contribution in [0.15, 0.2) is 83.5 Å². The molecular formula is C27H24ClN3O5. The molecule has 1 heterocycles. The van der Waals surface area contributed by atoms with Gasteiger partial charge in [-0.25, -0.2) is 4.90 Å². The van der Waals surface area contributed by atoms with Crippen LogP contribution in [0.4, 0.5) is 11.4 Å². The Kier molecular flexibility index (Phi) is 7.26. The Hall–Kier alpha value is -4.30. The van der Waals surface area contributed by atoms with Crippen molar-refractivity contribution in [1.82, 2.24) is 5.32 Å². The summed E-state index contributed by atoms with van der Waals surface area (Å²) in [4.78, 5) is 39.9. The number of hydrogen-bond donors (Lipinski definition) is 2. The molecule has 184 valence electrons. The SMILES string of the molecule is COc1ccc(N2C(=O)C(Cl)=C(Nc3cccc(C(=O)NC(C)c4ccccc4)c3)C2=O)c(OC)c1. The van der Waals surface area contributed by atoms with Gasteiger partial charge >= 0.3 is 0 Å². The van der Waals surface area contributed by atoms with E-state index >= 15 is 0 Å². The molecular weight excluding hydrogens is 482 g/mol. The molecule has 0 fully saturated rings. The Bertz CT molecular complexity index is 1360. The number of amides is 3. The maximum Gasteiger partial charge on any atom is 0.283 e. The molecule has 0 aliphatic carbocycles. The van der Waals surface area contributed by atoms with E-state index in [1.54, 1.807) is 42.5 Å². The van der Waals surface area contributed by atoms with Gasteiger partial charge in [0.05, 0.1) is 25.9 Å². The highest BCUT2D eigenvalue weighted by Gasteiger charge is 2.40. The predicted molar refractivity (Wildman–Crippen MR) is 137 cm³/mol. The number of halogens is 1. The maximum absolute atomic E-state index is 13.2. The van der Waals surface area contributed by atoms with Crippen LogP contribution in [0.2, 0.25) is 0 Å². The summed E-state index contributed by atoms with van der Waals surface area (Å²) in [5.41, 5.74) is 1.90. The molecule has 36 heavy (non-hydrogen) atoms. The van der Waals surface area contributed by atoms with Crippen LogP contribution < -0.4 is 25.0 Å². The van der Waals surface area contributed by atoms with Gasteiger partial charge in [-0.3, -0.25) is 14.4 Å². The van der Waals surface area contributed by atoms with Crippen LogP contribution in [0.25, 0.3) is 0 Å². The van der Waals surface area contributed by atoms with Gasteiger partial charge in [0.1, 0.15) is 22.2 Å². The van der Waals surface area contributed by atoms with Gasteiger partial charge in [-0.15, -0.1) is 0 Å². The van der Waals surface area contributed by atoms with Crippen molar-refractivity contribution in [3.63, 3.8) is 0 Å². The van der Waals surface area contributed by atoms with Gasteiger partial charge < -0.3 is 20.1 Å². The number of carbonyl (C=O) groups excluding carboxylic acids is 3. The molecule has 3 aromatic carbocycles. The fourth-order valence-corrected chi connectivity index (χ4v) is 4.00. The lowest BCUT2D eigenvalue weighted by Gasteiger charge is -2.19. The Morgan fingerprint density at radius 3 is 2.36 bits per heavy atom. The number of imide groups is 1. The number of benzene rings is 3. The molecule has 3 amide bonds. The molecule has 2 N–H and O–H groups in total. The van der Waals surface area contributed by atoms with E-state index in [-0.39, 0.29) is 34.1 Å². The van der Waals surface area contributed by atoms with Crippen LogP contribution in [0.5, 0.6) is 11.5 Å². The number of carbonyl (C=O) groups is 3. The topological polar surface area (TPSA) is 97.0 Å². The molecule has 8 nitrogen and oxygen atoms in total.